The molecule has 14 nitrogen and oxygen atoms in total. The minimum atomic E-state index is -1.43. The number of primary amides is 1. The molecular weight excluding hydrogens is 622 g/mol. The van der Waals surface area contributed by atoms with Crippen LogP contribution in [-0.4, -0.2) is 70.2 Å². The molecule has 14 heteroatoms. The molecule has 0 aliphatic heterocycles. The molecule has 1 unspecified atom stereocenters. The van der Waals surface area contributed by atoms with Crippen LogP contribution in [0.2, 0.25) is 0 Å². The van der Waals surface area contributed by atoms with Crippen molar-refractivity contribution in [1.82, 2.24) is 21.4 Å². The van der Waals surface area contributed by atoms with E-state index in [2.05, 4.69) is 16.0 Å². The average Bonchev–Trinajstić information content (AvgIpc) is 3.07. The van der Waals surface area contributed by atoms with Gasteiger partial charge in [0.1, 0.15) is 12.1 Å². The van der Waals surface area contributed by atoms with Gasteiger partial charge >= 0.3 is 5.97 Å². The number of aliphatic carboxylic acids is 1. The van der Waals surface area contributed by atoms with E-state index in [1.807, 2.05) is 6.92 Å². The third-order valence-corrected chi connectivity index (χ3v) is 7.58. The number of nitrogens with two attached hydrogens (primary N) is 1. The van der Waals surface area contributed by atoms with Crippen molar-refractivity contribution in [1.29, 1.82) is 0 Å². The first kappa shape index (κ1) is 39.1. The Labute approximate surface area is 279 Å². The Balaban J connectivity index is 2.17. The number of nitrogens with one attached hydrogen (secondary N) is 4. The van der Waals surface area contributed by atoms with Gasteiger partial charge in [-0.15, -0.1) is 0 Å². The smallest absolute Gasteiger partial charge is 0.304 e. The number of ketones is 1. The lowest BCUT2D eigenvalue weighted by Gasteiger charge is -2.24. The number of hydrogen-bond donors (Lipinski definition) is 7. The van der Waals surface area contributed by atoms with Gasteiger partial charge in [-0.2, -0.15) is 0 Å². The zero-order valence-electron chi connectivity index (χ0n) is 27.0. The van der Waals surface area contributed by atoms with Gasteiger partial charge in [0.05, 0.1) is 12.3 Å². The molecule has 48 heavy (non-hydrogen) atoms. The molecule has 8 N–H and O–H groups in total. The van der Waals surface area contributed by atoms with Crippen LogP contribution in [0.1, 0.15) is 86.2 Å². The van der Waals surface area contributed by atoms with E-state index in [9.17, 15) is 38.7 Å². The van der Waals surface area contributed by atoms with Gasteiger partial charge in [-0.05, 0) is 31.2 Å². The molecule has 2 rings (SSSR count). The van der Waals surface area contributed by atoms with Gasteiger partial charge in [0.2, 0.25) is 29.5 Å². The monoisotopic (exact) mass is 667 g/mol. The van der Waals surface area contributed by atoms with Crippen molar-refractivity contribution in [3.8, 4) is 0 Å². The van der Waals surface area contributed by atoms with Crippen LogP contribution >= 0.6 is 0 Å². The van der Waals surface area contributed by atoms with E-state index in [0.717, 1.165) is 19.3 Å². The van der Waals surface area contributed by atoms with Crippen molar-refractivity contribution in [3.63, 3.8) is 0 Å². The number of carbonyl (C=O) groups is 7. The molecule has 0 spiro atoms. The van der Waals surface area contributed by atoms with Gasteiger partial charge in [0.25, 0.3) is 0 Å². The first-order valence-electron chi connectivity index (χ1n) is 15.9. The van der Waals surface area contributed by atoms with Crippen molar-refractivity contribution in [3.05, 3.63) is 71.3 Å². The molecule has 0 aliphatic rings. The average molecular weight is 668 g/mol. The number of carboxylic acids is 1. The molecule has 0 radical (unpaired) electrons. The molecular formula is C34H45N5O9. The quantitative estimate of drug-likeness (QED) is 0.0419. The Morgan fingerprint density at radius 3 is 2.00 bits per heavy atom. The van der Waals surface area contributed by atoms with Crippen LogP contribution in [0.3, 0.4) is 0 Å². The number of hydrogen-bond acceptors (Lipinski definition) is 8. The molecule has 3 atom stereocenters. The maximum Gasteiger partial charge on any atom is 0.304 e. The zero-order valence-corrected chi connectivity index (χ0v) is 27.0. The predicted molar refractivity (Wildman–Crippen MR) is 174 cm³/mol. The van der Waals surface area contributed by atoms with Gasteiger partial charge in [0.15, 0.2) is 5.78 Å². The maximum atomic E-state index is 13.5. The Bertz CT molecular complexity index is 1400. The molecule has 2 aromatic carbocycles. The fourth-order valence-corrected chi connectivity index (χ4v) is 4.90. The minimum Gasteiger partial charge on any atom is -0.481 e. The lowest BCUT2D eigenvalue weighted by atomic mass is 9.97. The van der Waals surface area contributed by atoms with Gasteiger partial charge in [0, 0.05) is 36.9 Å². The van der Waals surface area contributed by atoms with Gasteiger partial charge < -0.3 is 26.8 Å². The zero-order chi connectivity index (χ0) is 35.5. The molecule has 0 aromatic heterocycles. The number of carbonyl (C=O) groups excluding carboxylic acids is 6. The summed E-state index contributed by atoms with van der Waals surface area (Å²) in [4.78, 5) is 86.8. The van der Waals surface area contributed by atoms with E-state index in [0.29, 0.717) is 42.5 Å². The van der Waals surface area contributed by atoms with Crippen LogP contribution in [0.15, 0.2) is 54.6 Å². The first-order chi connectivity index (χ1) is 22.9. The summed E-state index contributed by atoms with van der Waals surface area (Å²) in [7, 11) is 0. The largest absolute Gasteiger partial charge is 0.481 e. The summed E-state index contributed by atoms with van der Waals surface area (Å²) < 4.78 is 0. The number of rotatable bonds is 22. The van der Waals surface area contributed by atoms with Crippen LogP contribution in [0.4, 0.5) is 0 Å². The summed E-state index contributed by atoms with van der Waals surface area (Å²) in [5, 5.41) is 26.0. The molecule has 260 valence electrons. The van der Waals surface area contributed by atoms with E-state index in [4.69, 9.17) is 10.9 Å². The van der Waals surface area contributed by atoms with Crippen molar-refractivity contribution in [2.75, 3.05) is 6.54 Å². The minimum absolute atomic E-state index is 0.0584. The van der Waals surface area contributed by atoms with Crippen LogP contribution in [0.25, 0.3) is 0 Å². The first-order valence-corrected chi connectivity index (χ1v) is 15.9. The van der Waals surface area contributed by atoms with Crippen molar-refractivity contribution >= 4 is 41.3 Å². The van der Waals surface area contributed by atoms with E-state index < -0.39 is 60.4 Å². The topological polar surface area (TPSA) is 234 Å². The third kappa shape index (κ3) is 14.1. The number of benzene rings is 2. The summed E-state index contributed by atoms with van der Waals surface area (Å²) in [6, 6.07) is 12.5. The highest BCUT2D eigenvalue weighted by Gasteiger charge is 2.31. The van der Waals surface area contributed by atoms with Crippen molar-refractivity contribution in [2.24, 2.45) is 11.7 Å². The van der Waals surface area contributed by atoms with Crippen LogP contribution < -0.4 is 27.2 Å². The number of amides is 5. The third-order valence-electron chi connectivity index (χ3n) is 7.58. The second kappa shape index (κ2) is 20.9. The molecule has 0 bridgehead atoms. The van der Waals surface area contributed by atoms with Crippen LogP contribution in [0.5, 0.6) is 0 Å². The summed E-state index contributed by atoms with van der Waals surface area (Å²) >= 11 is 0. The predicted octanol–water partition coefficient (Wildman–Crippen LogP) is 1.77. The molecule has 0 aliphatic carbocycles. The summed E-state index contributed by atoms with van der Waals surface area (Å²) in [5.74, 6) is -6.64. The van der Waals surface area contributed by atoms with Crippen molar-refractivity contribution in [2.45, 2.75) is 83.2 Å². The Morgan fingerprint density at radius 2 is 1.40 bits per heavy atom. The highest BCUT2D eigenvalue weighted by molar-refractivity contribution is 6.09. The Morgan fingerprint density at radius 1 is 0.750 bits per heavy atom. The van der Waals surface area contributed by atoms with Crippen molar-refractivity contribution < 1.29 is 43.9 Å². The highest BCUT2D eigenvalue weighted by Crippen LogP contribution is 2.15. The van der Waals surface area contributed by atoms with Gasteiger partial charge in [-0.3, -0.25) is 38.8 Å². The van der Waals surface area contributed by atoms with E-state index >= 15 is 0 Å². The lowest BCUT2D eigenvalue weighted by Crippen LogP contribution is -2.54. The molecule has 0 saturated carbocycles. The molecule has 2 aromatic rings. The summed E-state index contributed by atoms with van der Waals surface area (Å²) in [5.41, 5.74) is 8.31. The molecule has 0 heterocycles. The van der Waals surface area contributed by atoms with E-state index in [1.54, 1.807) is 54.6 Å². The van der Waals surface area contributed by atoms with E-state index in [-0.39, 0.29) is 24.5 Å². The fraction of sp³-hybridized carbons (Fsp3) is 0.441. The summed E-state index contributed by atoms with van der Waals surface area (Å²) in [6.07, 6.45) is 2.77. The maximum absolute atomic E-state index is 13.5. The molecule has 0 fully saturated rings. The summed E-state index contributed by atoms with van der Waals surface area (Å²) in [6.45, 7) is 2.43. The number of carboxylic acid groups (broad SMARTS) is 1. The Kier molecular flexibility index (Phi) is 17.0. The second-order valence-electron chi connectivity index (χ2n) is 11.5. The normalized spacial score (nSPS) is 12.5. The molecule has 5 amide bonds. The van der Waals surface area contributed by atoms with Crippen LogP contribution in [0, 0.1) is 5.92 Å². The number of unbranched alkanes of at least 4 members (excludes halogenated alkanes) is 3. The standard InChI is InChI=1S/C34H45N5O9/c1-2-3-5-13-28(40)36-18-9-8-12-26(32(35)45)37-34(47)27(38-33(46)25(21-30(42)43)20-29(41)39-48)19-22-14-16-24(17-15-22)31(44)23-10-6-4-7-11-23/h4,6-7,10-11,14-17,25-27,48H,2-3,5,8-9,12-13,18-21H2,1H3,(H2,35,45)(H,36,40)(H,37,47)(H,38,46)(H,39,41)(H,42,43)/t25-,26?,27-/m0/s1. The van der Waals surface area contributed by atoms with Crippen LogP contribution in [-0.2, 0) is 35.2 Å². The second-order valence-corrected chi connectivity index (χ2v) is 11.5. The number of hydroxylamine groups is 1. The van der Waals surface area contributed by atoms with Gasteiger partial charge in [-0.25, -0.2) is 5.48 Å². The van der Waals surface area contributed by atoms with Gasteiger partial charge in [-0.1, -0.05) is 74.4 Å². The molecule has 0 saturated heterocycles. The Hall–Kier alpha value is -5.11. The van der Waals surface area contributed by atoms with E-state index in [1.165, 1.54) is 5.48 Å². The SMILES string of the molecule is CCCCCC(=O)NCCCCC(NC(=O)[C@H](Cc1ccc(C(=O)c2ccccc2)cc1)NC(=O)[C@H](CC(=O)O)CC(=O)NO)C(N)=O. The lowest BCUT2D eigenvalue weighted by molar-refractivity contribution is -0.143. The fourth-order valence-electron chi connectivity index (χ4n) is 4.90. The highest BCUT2D eigenvalue weighted by atomic mass is 16.5.